The zero-order valence-corrected chi connectivity index (χ0v) is 17.3. The van der Waals surface area contributed by atoms with Gasteiger partial charge in [-0.25, -0.2) is 9.18 Å². The van der Waals surface area contributed by atoms with E-state index in [1.165, 1.54) is 23.5 Å². The minimum absolute atomic E-state index is 0.192. The van der Waals surface area contributed by atoms with Gasteiger partial charge in [-0.3, -0.25) is 9.59 Å². The van der Waals surface area contributed by atoms with Crippen LogP contribution in [0.1, 0.15) is 64.3 Å². The molecule has 1 N–H and O–H groups in total. The number of esters is 1. The van der Waals surface area contributed by atoms with Crippen molar-refractivity contribution in [3.05, 3.63) is 45.6 Å². The molecule has 0 radical (unpaired) electrons. The largest absolute Gasteiger partial charge is 0.483 e. The molecule has 29 heavy (non-hydrogen) atoms. The molecule has 3 rings (SSSR count). The molecule has 154 valence electrons. The summed E-state index contributed by atoms with van der Waals surface area (Å²) in [5.41, 5.74) is 0.846. The van der Waals surface area contributed by atoms with Gasteiger partial charge in [0.15, 0.2) is 12.4 Å². The molecule has 0 bridgehead atoms. The molecular weight excluding hydrogens is 397 g/mol. The number of hydrogen-bond acceptors (Lipinski definition) is 6. The number of aryl methyl sites for hydroxylation is 1. The lowest BCUT2D eigenvalue weighted by Crippen LogP contribution is -2.21. The van der Waals surface area contributed by atoms with E-state index in [1.54, 1.807) is 19.9 Å². The highest BCUT2D eigenvalue weighted by molar-refractivity contribution is 7.16. The fraction of sp³-hybridized carbons (Fsp3) is 0.381. The smallest absolute Gasteiger partial charge is 0.341 e. The van der Waals surface area contributed by atoms with Crippen molar-refractivity contribution in [3.8, 4) is 5.75 Å². The predicted molar refractivity (Wildman–Crippen MR) is 108 cm³/mol. The minimum atomic E-state index is -0.504. The van der Waals surface area contributed by atoms with E-state index in [2.05, 4.69) is 5.32 Å². The van der Waals surface area contributed by atoms with Gasteiger partial charge in [0.25, 0.3) is 5.91 Å². The number of carbonyl (C=O) groups excluding carboxylic acids is 3. The number of nitrogens with one attached hydrogen (secondary N) is 1. The highest BCUT2D eigenvalue weighted by Gasteiger charge is 2.32. The molecule has 1 heterocycles. The van der Waals surface area contributed by atoms with E-state index >= 15 is 0 Å². The number of Topliss-reactive ketones (excluding diaryl/α,β-unsaturated/α-hetero) is 1. The maximum atomic E-state index is 14.1. The van der Waals surface area contributed by atoms with Crippen LogP contribution in [0.15, 0.2) is 18.2 Å². The molecule has 0 saturated heterocycles. The normalized spacial score (nSPS) is 15.2. The number of rotatable bonds is 7. The van der Waals surface area contributed by atoms with Crippen LogP contribution in [-0.4, -0.2) is 30.9 Å². The fourth-order valence-electron chi connectivity index (χ4n) is 3.32. The van der Waals surface area contributed by atoms with E-state index in [-0.39, 0.29) is 42.6 Å². The fourth-order valence-corrected chi connectivity index (χ4v) is 4.32. The number of amides is 1. The first-order valence-corrected chi connectivity index (χ1v) is 10.2. The molecule has 0 saturated carbocycles. The molecule has 0 unspecified atom stereocenters. The number of fused-ring (bicyclic) bond motifs is 1. The highest BCUT2D eigenvalue weighted by atomic mass is 32.1. The summed E-state index contributed by atoms with van der Waals surface area (Å²) in [6, 6.07) is 4.31. The van der Waals surface area contributed by atoms with E-state index in [0.29, 0.717) is 22.5 Å². The summed E-state index contributed by atoms with van der Waals surface area (Å²) in [5, 5.41) is 3.06. The Morgan fingerprint density at radius 3 is 2.76 bits per heavy atom. The van der Waals surface area contributed by atoms with Crippen LogP contribution in [0.5, 0.6) is 5.75 Å². The molecule has 2 aromatic rings. The summed E-state index contributed by atoms with van der Waals surface area (Å²) in [6.07, 6.45) is 0.933. The van der Waals surface area contributed by atoms with Crippen molar-refractivity contribution >= 4 is 34.0 Å². The Hall–Kier alpha value is -2.74. The molecule has 1 aromatic carbocycles. The van der Waals surface area contributed by atoms with Crippen molar-refractivity contribution in [2.24, 2.45) is 0 Å². The van der Waals surface area contributed by atoms with Gasteiger partial charge in [0.2, 0.25) is 0 Å². The van der Waals surface area contributed by atoms with Crippen molar-refractivity contribution in [1.29, 1.82) is 0 Å². The van der Waals surface area contributed by atoms with Crippen molar-refractivity contribution < 1.29 is 28.2 Å². The van der Waals surface area contributed by atoms with Crippen LogP contribution in [0, 0.1) is 5.82 Å². The van der Waals surface area contributed by atoms with Crippen molar-refractivity contribution in [2.75, 3.05) is 18.5 Å². The van der Waals surface area contributed by atoms with Gasteiger partial charge in [-0.2, -0.15) is 0 Å². The molecule has 0 spiro atoms. The Morgan fingerprint density at radius 1 is 1.31 bits per heavy atom. The number of thiophene rings is 1. The molecule has 6 nitrogen and oxygen atoms in total. The van der Waals surface area contributed by atoms with Crippen LogP contribution in [0.4, 0.5) is 9.39 Å². The maximum absolute atomic E-state index is 14.1. The van der Waals surface area contributed by atoms with Gasteiger partial charge in [0.1, 0.15) is 16.6 Å². The van der Waals surface area contributed by atoms with Crippen LogP contribution < -0.4 is 10.1 Å². The number of hydrogen-bond donors (Lipinski definition) is 1. The summed E-state index contributed by atoms with van der Waals surface area (Å²) in [6.45, 7) is 5.29. The van der Waals surface area contributed by atoms with Gasteiger partial charge in [0.05, 0.1) is 17.7 Å². The Kier molecular flexibility index (Phi) is 6.32. The zero-order valence-electron chi connectivity index (χ0n) is 16.5. The maximum Gasteiger partial charge on any atom is 0.341 e. The second-order valence-electron chi connectivity index (χ2n) is 6.73. The Bertz CT molecular complexity index is 968. The highest BCUT2D eigenvalue weighted by Crippen LogP contribution is 2.39. The van der Waals surface area contributed by atoms with Gasteiger partial charge < -0.3 is 14.8 Å². The molecular formula is C21H22FNO5S. The van der Waals surface area contributed by atoms with Crippen LogP contribution in [0.3, 0.4) is 0 Å². The summed E-state index contributed by atoms with van der Waals surface area (Å²) < 4.78 is 24.6. The SMILES string of the molecule is CCOC(=O)c1cc(CC)sc1NC(=O)COc1ccc(F)c2c1C(=O)C[C@@H]2C. The molecule has 1 aliphatic carbocycles. The van der Waals surface area contributed by atoms with E-state index in [1.807, 2.05) is 6.92 Å². The second-order valence-corrected chi connectivity index (χ2v) is 7.87. The molecule has 0 aliphatic heterocycles. The number of benzene rings is 1. The van der Waals surface area contributed by atoms with Gasteiger partial charge in [-0.05, 0) is 37.5 Å². The topological polar surface area (TPSA) is 81.7 Å². The van der Waals surface area contributed by atoms with E-state index in [4.69, 9.17) is 9.47 Å². The first-order chi connectivity index (χ1) is 13.8. The first-order valence-electron chi connectivity index (χ1n) is 9.43. The lowest BCUT2D eigenvalue weighted by molar-refractivity contribution is -0.118. The summed E-state index contributed by atoms with van der Waals surface area (Å²) >= 11 is 1.29. The van der Waals surface area contributed by atoms with Crippen molar-refractivity contribution in [1.82, 2.24) is 0 Å². The third-order valence-corrected chi connectivity index (χ3v) is 5.85. The van der Waals surface area contributed by atoms with Gasteiger partial charge in [-0.15, -0.1) is 11.3 Å². The molecule has 1 atom stereocenters. The van der Waals surface area contributed by atoms with Crippen LogP contribution in [-0.2, 0) is 16.0 Å². The number of ether oxygens (including phenoxy) is 2. The quantitative estimate of drug-likeness (QED) is 0.676. The zero-order chi connectivity index (χ0) is 21.1. The number of halogens is 1. The summed E-state index contributed by atoms with van der Waals surface area (Å²) in [5.74, 6) is -1.66. The molecule has 8 heteroatoms. The molecule has 1 aromatic heterocycles. The van der Waals surface area contributed by atoms with Crippen molar-refractivity contribution in [2.45, 2.75) is 39.5 Å². The third-order valence-electron chi connectivity index (χ3n) is 4.66. The molecule has 0 fully saturated rings. The van der Waals surface area contributed by atoms with E-state index < -0.39 is 17.7 Å². The minimum Gasteiger partial charge on any atom is -0.483 e. The average molecular weight is 419 g/mol. The molecule has 1 aliphatic rings. The lowest BCUT2D eigenvalue weighted by atomic mass is 10.0. The number of ketones is 1. The monoisotopic (exact) mass is 419 g/mol. The first kappa shape index (κ1) is 21.0. The van der Waals surface area contributed by atoms with Crippen LogP contribution in [0.25, 0.3) is 0 Å². The van der Waals surface area contributed by atoms with Gasteiger partial charge in [0, 0.05) is 16.9 Å². The lowest BCUT2D eigenvalue weighted by Gasteiger charge is -2.12. The Balaban J connectivity index is 1.73. The summed E-state index contributed by atoms with van der Waals surface area (Å²) in [4.78, 5) is 37.6. The van der Waals surface area contributed by atoms with Crippen LogP contribution in [0.2, 0.25) is 0 Å². The number of anilines is 1. The average Bonchev–Trinajstić information content (AvgIpc) is 3.22. The van der Waals surface area contributed by atoms with Gasteiger partial charge >= 0.3 is 5.97 Å². The van der Waals surface area contributed by atoms with E-state index in [0.717, 1.165) is 4.88 Å². The predicted octanol–water partition coefficient (Wildman–Crippen LogP) is 4.33. The third kappa shape index (κ3) is 4.32. The van der Waals surface area contributed by atoms with Crippen molar-refractivity contribution in [3.63, 3.8) is 0 Å². The Labute approximate surface area is 172 Å². The standard InChI is InChI=1S/C21H22FNO5S/c1-4-12-9-13(21(26)27-5-2)20(29-12)23-17(25)10-28-16-7-6-14(22)18-11(3)8-15(24)19(16)18/h6-7,9,11H,4-5,8,10H2,1-3H3,(H,23,25)/t11-/m0/s1. The Morgan fingerprint density at radius 2 is 2.07 bits per heavy atom. The van der Waals surface area contributed by atoms with Crippen LogP contribution >= 0.6 is 11.3 Å². The second kappa shape index (κ2) is 8.73. The molecule has 1 amide bonds. The van der Waals surface area contributed by atoms with E-state index in [9.17, 15) is 18.8 Å². The van der Waals surface area contributed by atoms with Gasteiger partial charge in [-0.1, -0.05) is 13.8 Å². The summed E-state index contributed by atoms with van der Waals surface area (Å²) in [7, 11) is 0. The number of carbonyl (C=O) groups is 3.